The summed E-state index contributed by atoms with van der Waals surface area (Å²) in [4.78, 5) is 10.3. The lowest BCUT2D eigenvalue weighted by molar-refractivity contribution is 0.150. The van der Waals surface area contributed by atoms with E-state index in [4.69, 9.17) is 5.73 Å². The van der Waals surface area contributed by atoms with E-state index in [1.165, 1.54) is 0 Å². The highest BCUT2D eigenvalue weighted by Gasteiger charge is 1.98. The highest BCUT2D eigenvalue weighted by Crippen LogP contribution is 2.09. The molecule has 70 valence electrons. The third-order valence-corrected chi connectivity index (χ3v) is 1.66. The van der Waals surface area contributed by atoms with E-state index in [2.05, 4.69) is 10.8 Å². The van der Waals surface area contributed by atoms with Gasteiger partial charge in [-0.3, -0.25) is 0 Å². The number of carbonyl (C=O) groups excluding carboxylic acids is 1. The van der Waals surface area contributed by atoms with E-state index in [0.29, 0.717) is 0 Å². The van der Waals surface area contributed by atoms with Gasteiger partial charge in [0.05, 0.1) is 0 Å². The fourth-order valence-electron chi connectivity index (χ4n) is 1.31. The summed E-state index contributed by atoms with van der Waals surface area (Å²) in [6, 6.07) is 6.00. The number of hydrogen-bond donors (Lipinski definition) is 1. The first-order chi connectivity index (χ1) is 6.08. The third kappa shape index (κ3) is 3.15. The SMILES string of the molecule is Cc1cc(C)cc(COC(N)=O)c1. The van der Waals surface area contributed by atoms with Crippen molar-refractivity contribution in [1.29, 1.82) is 0 Å². The second-order valence-corrected chi connectivity index (χ2v) is 3.10. The van der Waals surface area contributed by atoms with E-state index in [1.807, 2.05) is 26.0 Å². The maximum Gasteiger partial charge on any atom is 0.404 e. The molecule has 0 aliphatic heterocycles. The van der Waals surface area contributed by atoms with Crippen LogP contribution < -0.4 is 5.73 Å². The molecule has 0 unspecified atom stereocenters. The zero-order chi connectivity index (χ0) is 9.84. The molecule has 0 aromatic heterocycles. The van der Waals surface area contributed by atoms with Crippen LogP contribution in [-0.2, 0) is 11.3 Å². The number of primary amides is 1. The third-order valence-electron chi connectivity index (χ3n) is 1.66. The molecule has 0 saturated heterocycles. The van der Waals surface area contributed by atoms with Crippen LogP contribution in [0.25, 0.3) is 0 Å². The Kier molecular flexibility index (Phi) is 2.90. The monoisotopic (exact) mass is 179 g/mol. The number of benzene rings is 1. The van der Waals surface area contributed by atoms with Crippen LogP contribution >= 0.6 is 0 Å². The van der Waals surface area contributed by atoms with Crippen LogP contribution in [0.3, 0.4) is 0 Å². The van der Waals surface area contributed by atoms with Gasteiger partial charge in [-0.25, -0.2) is 4.79 Å². The molecule has 0 heterocycles. The normalized spacial score (nSPS) is 9.69. The maximum atomic E-state index is 10.3. The van der Waals surface area contributed by atoms with Crippen LogP contribution in [0.15, 0.2) is 18.2 Å². The standard InChI is InChI=1S/C10H13NO2/c1-7-3-8(2)5-9(4-7)6-13-10(11)12/h3-5H,6H2,1-2H3,(H2,11,12). The van der Waals surface area contributed by atoms with Crippen molar-refractivity contribution < 1.29 is 9.53 Å². The number of nitrogens with two attached hydrogens (primary N) is 1. The molecule has 1 amide bonds. The Morgan fingerprint density at radius 2 is 1.85 bits per heavy atom. The first-order valence-electron chi connectivity index (χ1n) is 4.07. The highest BCUT2D eigenvalue weighted by molar-refractivity contribution is 5.64. The highest BCUT2D eigenvalue weighted by atomic mass is 16.5. The van der Waals surface area contributed by atoms with Crippen molar-refractivity contribution in [2.24, 2.45) is 5.73 Å². The minimum atomic E-state index is -0.737. The van der Waals surface area contributed by atoms with Gasteiger partial charge in [0.25, 0.3) is 0 Å². The lowest BCUT2D eigenvalue weighted by atomic mass is 10.1. The first kappa shape index (κ1) is 9.58. The van der Waals surface area contributed by atoms with E-state index < -0.39 is 6.09 Å². The summed E-state index contributed by atoms with van der Waals surface area (Å²) < 4.78 is 4.68. The lowest BCUT2D eigenvalue weighted by Gasteiger charge is -2.04. The van der Waals surface area contributed by atoms with Crippen LogP contribution in [-0.4, -0.2) is 6.09 Å². The van der Waals surface area contributed by atoms with Gasteiger partial charge >= 0.3 is 6.09 Å². The molecule has 3 heteroatoms. The van der Waals surface area contributed by atoms with Crippen molar-refractivity contribution in [2.45, 2.75) is 20.5 Å². The molecule has 2 N–H and O–H groups in total. The van der Waals surface area contributed by atoms with Crippen molar-refractivity contribution in [2.75, 3.05) is 0 Å². The van der Waals surface area contributed by atoms with Gasteiger partial charge in [-0.15, -0.1) is 0 Å². The Bertz CT molecular complexity index is 300. The molecule has 1 rings (SSSR count). The van der Waals surface area contributed by atoms with E-state index in [-0.39, 0.29) is 6.61 Å². The number of carbonyl (C=O) groups is 1. The average Bonchev–Trinajstić information content (AvgIpc) is 1.99. The van der Waals surface area contributed by atoms with Gasteiger partial charge < -0.3 is 10.5 Å². The summed E-state index contributed by atoms with van der Waals surface area (Å²) in [5.74, 6) is 0. The topological polar surface area (TPSA) is 52.3 Å². The quantitative estimate of drug-likeness (QED) is 0.753. The molecule has 0 aliphatic rings. The largest absolute Gasteiger partial charge is 0.445 e. The molecular weight excluding hydrogens is 166 g/mol. The zero-order valence-corrected chi connectivity index (χ0v) is 7.83. The Labute approximate surface area is 77.5 Å². The second-order valence-electron chi connectivity index (χ2n) is 3.10. The van der Waals surface area contributed by atoms with E-state index in [0.717, 1.165) is 16.7 Å². The molecule has 0 atom stereocenters. The van der Waals surface area contributed by atoms with Crippen LogP contribution in [0.2, 0.25) is 0 Å². The van der Waals surface area contributed by atoms with Crippen molar-refractivity contribution in [3.8, 4) is 0 Å². The molecule has 0 aliphatic carbocycles. The minimum absolute atomic E-state index is 0.248. The number of rotatable bonds is 2. The average molecular weight is 179 g/mol. The summed E-state index contributed by atoms with van der Waals surface area (Å²) in [6.45, 7) is 4.25. The van der Waals surface area contributed by atoms with Gasteiger partial charge in [0, 0.05) is 0 Å². The van der Waals surface area contributed by atoms with Crippen molar-refractivity contribution in [3.05, 3.63) is 34.9 Å². The van der Waals surface area contributed by atoms with Crippen LogP contribution in [0.5, 0.6) is 0 Å². The summed E-state index contributed by atoms with van der Waals surface area (Å²) in [6.07, 6.45) is -0.737. The lowest BCUT2D eigenvalue weighted by Crippen LogP contribution is -2.12. The van der Waals surface area contributed by atoms with Crippen molar-refractivity contribution in [1.82, 2.24) is 0 Å². The van der Waals surface area contributed by atoms with Crippen LogP contribution in [0, 0.1) is 13.8 Å². The number of ether oxygens (including phenoxy) is 1. The molecule has 0 spiro atoms. The molecule has 1 aromatic carbocycles. The fraction of sp³-hybridized carbons (Fsp3) is 0.300. The van der Waals surface area contributed by atoms with Gasteiger partial charge in [-0.1, -0.05) is 29.3 Å². The molecule has 13 heavy (non-hydrogen) atoms. The number of aryl methyl sites for hydroxylation is 2. The Balaban J connectivity index is 2.71. The van der Waals surface area contributed by atoms with Crippen molar-refractivity contribution >= 4 is 6.09 Å². The molecule has 0 radical (unpaired) electrons. The van der Waals surface area contributed by atoms with Gasteiger partial charge in [0.2, 0.25) is 0 Å². The number of hydrogen-bond acceptors (Lipinski definition) is 2. The number of amides is 1. The Morgan fingerprint density at radius 1 is 1.31 bits per heavy atom. The van der Waals surface area contributed by atoms with E-state index in [1.54, 1.807) is 0 Å². The van der Waals surface area contributed by atoms with Gasteiger partial charge in [0.1, 0.15) is 6.61 Å². The van der Waals surface area contributed by atoms with E-state index >= 15 is 0 Å². The summed E-state index contributed by atoms with van der Waals surface area (Å²) in [7, 11) is 0. The maximum absolute atomic E-state index is 10.3. The van der Waals surface area contributed by atoms with E-state index in [9.17, 15) is 4.79 Å². The predicted octanol–water partition coefficient (Wildman–Crippen LogP) is 1.90. The fourth-order valence-corrected chi connectivity index (χ4v) is 1.31. The summed E-state index contributed by atoms with van der Waals surface area (Å²) >= 11 is 0. The second kappa shape index (κ2) is 3.94. The molecule has 1 aromatic rings. The zero-order valence-electron chi connectivity index (χ0n) is 7.83. The summed E-state index contributed by atoms with van der Waals surface area (Å²) in [5, 5.41) is 0. The predicted molar refractivity (Wildman–Crippen MR) is 50.3 cm³/mol. The molecule has 0 bridgehead atoms. The molecule has 0 saturated carbocycles. The van der Waals surface area contributed by atoms with Crippen molar-refractivity contribution in [3.63, 3.8) is 0 Å². The minimum Gasteiger partial charge on any atom is -0.445 e. The first-order valence-corrected chi connectivity index (χ1v) is 4.07. The summed E-state index contributed by atoms with van der Waals surface area (Å²) in [5.41, 5.74) is 8.14. The van der Waals surface area contributed by atoms with Gasteiger partial charge in [-0.05, 0) is 19.4 Å². The molecule has 0 fully saturated rings. The Morgan fingerprint density at radius 3 is 2.31 bits per heavy atom. The van der Waals surface area contributed by atoms with Gasteiger partial charge in [0.15, 0.2) is 0 Å². The van der Waals surface area contributed by atoms with Crippen LogP contribution in [0.4, 0.5) is 4.79 Å². The van der Waals surface area contributed by atoms with Gasteiger partial charge in [-0.2, -0.15) is 0 Å². The Hall–Kier alpha value is -1.51. The smallest absolute Gasteiger partial charge is 0.404 e. The molecular formula is C10H13NO2. The molecule has 3 nitrogen and oxygen atoms in total. The van der Waals surface area contributed by atoms with Crippen LogP contribution in [0.1, 0.15) is 16.7 Å².